The van der Waals surface area contributed by atoms with E-state index in [2.05, 4.69) is 36.7 Å². The minimum absolute atomic E-state index is 0.00771. The van der Waals surface area contributed by atoms with E-state index < -0.39 is 22.4 Å². The summed E-state index contributed by atoms with van der Waals surface area (Å²) in [7, 11) is 0. The maximum atomic E-state index is 12.0. The second-order valence-corrected chi connectivity index (χ2v) is 7.11. The van der Waals surface area contributed by atoms with Crippen LogP contribution in [-0.4, -0.2) is 39.2 Å². The van der Waals surface area contributed by atoms with Gasteiger partial charge >= 0.3 is 5.69 Å². The van der Waals surface area contributed by atoms with E-state index in [4.69, 9.17) is 4.74 Å². The lowest BCUT2D eigenvalue weighted by atomic mass is 10.2. The van der Waals surface area contributed by atoms with Crippen molar-refractivity contribution in [2.75, 3.05) is 6.61 Å². The van der Waals surface area contributed by atoms with Gasteiger partial charge in [0, 0.05) is 0 Å². The van der Waals surface area contributed by atoms with Crippen LogP contribution in [0.15, 0.2) is 42.4 Å². The second-order valence-electron chi connectivity index (χ2n) is 4.93. The summed E-state index contributed by atoms with van der Waals surface area (Å²) in [5, 5.41) is 8.96. The first kappa shape index (κ1) is 19.9. The number of thioether (sulfide) groups is 1. The van der Waals surface area contributed by atoms with Crippen molar-refractivity contribution in [1.29, 1.82) is 0 Å². The number of amides is 1. The van der Waals surface area contributed by atoms with Crippen LogP contribution in [0.4, 0.5) is 0 Å². The Labute approximate surface area is 160 Å². The van der Waals surface area contributed by atoms with Crippen molar-refractivity contribution < 1.29 is 9.53 Å². The van der Waals surface area contributed by atoms with Crippen molar-refractivity contribution in [3.8, 4) is 5.75 Å². The summed E-state index contributed by atoms with van der Waals surface area (Å²) in [6, 6.07) is 5.40. The number of aromatic amines is 2. The molecule has 0 saturated heterocycles. The van der Waals surface area contributed by atoms with E-state index in [1.54, 1.807) is 19.1 Å². The molecule has 0 bridgehead atoms. The van der Waals surface area contributed by atoms with Gasteiger partial charge in [0.15, 0.2) is 5.03 Å². The molecular formula is C15H16BrN5O4S. The summed E-state index contributed by atoms with van der Waals surface area (Å²) >= 11 is 4.31. The maximum absolute atomic E-state index is 12.0. The third-order valence-corrected chi connectivity index (χ3v) is 4.67. The highest BCUT2D eigenvalue weighted by atomic mass is 79.9. The Morgan fingerprint density at radius 1 is 1.50 bits per heavy atom. The summed E-state index contributed by atoms with van der Waals surface area (Å²) in [5.74, 6) is 0.306. The average molecular weight is 442 g/mol. The Morgan fingerprint density at radius 3 is 2.92 bits per heavy atom. The molecule has 2 rings (SSSR count). The zero-order valence-corrected chi connectivity index (χ0v) is 16.3. The molecule has 0 aliphatic rings. The molecule has 1 aromatic heterocycles. The molecule has 9 nitrogen and oxygen atoms in total. The number of rotatable bonds is 7. The number of hydrazone groups is 1. The molecule has 138 valence electrons. The van der Waals surface area contributed by atoms with Gasteiger partial charge < -0.3 is 4.74 Å². The van der Waals surface area contributed by atoms with Gasteiger partial charge in [-0.2, -0.15) is 10.2 Å². The first-order chi connectivity index (χ1) is 12.4. The van der Waals surface area contributed by atoms with Crippen LogP contribution >= 0.6 is 27.7 Å². The number of carbonyl (C=O) groups is 1. The minimum atomic E-state index is -0.706. The molecule has 2 aromatic rings. The molecule has 3 N–H and O–H groups in total. The monoisotopic (exact) mass is 441 g/mol. The number of ether oxygens (including phenoxy) is 1. The largest absolute Gasteiger partial charge is 0.493 e. The van der Waals surface area contributed by atoms with Gasteiger partial charge in [0.05, 0.1) is 22.5 Å². The van der Waals surface area contributed by atoms with Crippen LogP contribution in [0.2, 0.25) is 0 Å². The van der Waals surface area contributed by atoms with Gasteiger partial charge in [0.2, 0.25) is 0 Å². The fraction of sp³-hybridized carbons (Fsp3) is 0.267. The van der Waals surface area contributed by atoms with Crippen molar-refractivity contribution >= 4 is 39.8 Å². The summed E-state index contributed by atoms with van der Waals surface area (Å²) in [6.45, 7) is 4.05. The van der Waals surface area contributed by atoms with E-state index in [-0.39, 0.29) is 5.03 Å². The summed E-state index contributed by atoms with van der Waals surface area (Å²) in [5.41, 5.74) is 1.80. The third kappa shape index (κ3) is 5.56. The highest BCUT2D eigenvalue weighted by Crippen LogP contribution is 2.25. The third-order valence-electron chi connectivity index (χ3n) is 2.98. The van der Waals surface area contributed by atoms with Crippen LogP contribution in [-0.2, 0) is 4.79 Å². The molecule has 0 spiro atoms. The fourth-order valence-corrected chi connectivity index (χ4v) is 3.03. The maximum Gasteiger partial charge on any atom is 0.342 e. The number of halogens is 1. The number of aromatic nitrogens is 3. The molecule has 26 heavy (non-hydrogen) atoms. The standard InChI is InChI=1S/C15H16BrN5O4S/c1-3-25-11-5-4-9(6-10(11)16)7-17-19-12(22)8(2)26-14-13(23)18-15(24)21-20-14/h4-8H,3H2,1-2H3,(H,19,22)(H2,18,21,23,24)/b17-7+. The van der Waals surface area contributed by atoms with Gasteiger partial charge in [-0.3, -0.25) is 14.6 Å². The quantitative estimate of drug-likeness (QED) is 0.336. The molecule has 1 aromatic carbocycles. The van der Waals surface area contributed by atoms with E-state index >= 15 is 0 Å². The lowest BCUT2D eigenvalue weighted by molar-refractivity contribution is -0.120. The number of hydrogen-bond donors (Lipinski definition) is 3. The van der Waals surface area contributed by atoms with E-state index in [0.29, 0.717) is 6.61 Å². The second kappa shape index (κ2) is 9.34. The lowest BCUT2D eigenvalue weighted by Crippen LogP contribution is -2.30. The minimum Gasteiger partial charge on any atom is -0.493 e. The Balaban J connectivity index is 1.94. The van der Waals surface area contributed by atoms with Gasteiger partial charge in [0.1, 0.15) is 5.75 Å². The molecule has 0 aliphatic carbocycles. The smallest absolute Gasteiger partial charge is 0.342 e. The molecule has 0 radical (unpaired) electrons. The van der Waals surface area contributed by atoms with Crippen molar-refractivity contribution in [2.24, 2.45) is 5.10 Å². The molecule has 0 fully saturated rings. The van der Waals surface area contributed by atoms with Crippen molar-refractivity contribution in [3.05, 3.63) is 49.1 Å². The van der Waals surface area contributed by atoms with E-state index in [0.717, 1.165) is 27.5 Å². The van der Waals surface area contributed by atoms with Gasteiger partial charge in [-0.05, 0) is 53.5 Å². The Hall–Kier alpha value is -2.40. The molecule has 11 heteroatoms. The summed E-state index contributed by atoms with van der Waals surface area (Å²) < 4.78 is 6.20. The zero-order valence-electron chi connectivity index (χ0n) is 13.9. The lowest BCUT2D eigenvalue weighted by Gasteiger charge is -2.08. The SMILES string of the molecule is CCOc1ccc(/C=N/NC(=O)C(C)Sc2n[nH]c(=O)[nH]c2=O)cc1Br. The molecule has 1 unspecified atom stereocenters. The number of hydrogen-bond acceptors (Lipinski definition) is 7. The molecule has 1 amide bonds. The molecular weight excluding hydrogens is 426 g/mol. The van der Waals surface area contributed by atoms with Gasteiger partial charge in [-0.25, -0.2) is 15.3 Å². The van der Waals surface area contributed by atoms with Crippen LogP contribution in [0.1, 0.15) is 19.4 Å². The van der Waals surface area contributed by atoms with E-state index in [1.165, 1.54) is 6.21 Å². The van der Waals surface area contributed by atoms with Crippen molar-refractivity contribution in [1.82, 2.24) is 20.6 Å². The van der Waals surface area contributed by atoms with Crippen LogP contribution in [0, 0.1) is 0 Å². The first-order valence-corrected chi connectivity index (χ1v) is 9.19. The van der Waals surface area contributed by atoms with Gasteiger partial charge in [0.25, 0.3) is 11.5 Å². The van der Waals surface area contributed by atoms with Gasteiger partial charge in [-0.1, -0.05) is 11.8 Å². The number of nitrogens with one attached hydrogen (secondary N) is 3. The number of benzene rings is 1. The molecule has 0 aliphatic heterocycles. The van der Waals surface area contributed by atoms with Crippen LogP contribution in [0.3, 0.4) is 0 Å². The van der Waals surface area contributed by atoms with Crippen LogP contribution in [0.5, 0.6) is 5.75 Å². The number of nitrogens with zero attached hydrogens (tertiary/aromatic N) is 2. The van der Waals surface area contributed by atoms with Gasteiger partial charge in [-0.15, -0.1) is 0 Å². The summed E-state index contributed by atoms with van der Waals surface area (Å²) in [6.07, 6.45) is 1.49. The topological polar surface area (TPSA) is 129 Å². The van der Waals surface area contributed by atoms with E-state index in [1.807, 2.05) is 18.0 Å². The average Bonchev–Trinajstić information content (AvgIpc) is 2.59. The Kier molecular flexibility index (Phi) is 7.16. The Bertz CT molecular complexity index is 927. The number of H-pyrrole nitrogens is 2. The zero-order chi connectivity index (χ0) is 19.1. The molecule has 1 heterocycles. The predicted molar refractivity (Wildman–Crippen MR) is 102 cm³/mol. The highest BCUT2D eigenvalue weighted by Gasteiger charge is 2.17. The molecule has 1 atom stereocenters. The van der Waals surface area contributed by atoms with E-state index in [9.17, 15) is 14.4 Å². The number of carbonyl (C=O) groups excluding carboxylic acids is 1. The fourth-order valence-electron chi connectivity index (χ4n) is 1.77. The predicted octanol–water partition coefficient (Wildman–Crippen LogP) is 1.25. The van der Waals surface area contributed by atoms with Crippen molar-refractivity contribution in [3.63, 3.8) is 0 Å². The van der Waals surface area contributed by atoms with Crippen molar-refractivity contribution in [2.45, 2.75) is 24.1 Å². The highest BCUT2D eigenvalue weighted by molar-refractivity contribution is 9.10. The normalized spacial score (nSPS) is 12.1. The molecule has 0 saturated carbocycles. The van der Waals surface area contributed by atoms with Crippen LogP contribution < -0.4 is 21.4 Å². The summed E-state index contributed by atoms with van der Waals surface area (Å²) in [4.78, 5) is 36.6. The Morgan fingerprint density at radius 2 is 2.27 bits per heavy atom. The van der Waals surface area contributed by atoms with Crippen LogP contribution in [0.25, 0.3) is 0 Å². The first-order valence-electron chi connectivity index (χ1n) is 7.51.